The molecular formula is C18H29N5O2S. The molecule has 0 spiro atoms. The zero-order valence-electron chi connectivity index (χ0n) is 16.1. The highest BCUT2D eigenvalue weighted by Crippen LogP contribution is 2.19. The second-order valence-electron chi connectivity index (χ2n) is 7.22. The number of aryl methyl sites for hydroxylation is 1. The number of fused-ring (bicyclic) bond motifs is 1. The molecule has 1 aromatic carbocycles. The van der Waals surface area contributed by atoms with Crippen LogP contribution in [0.15, 0.2) is 29.4 Å². The molecule has 144 valence electrons. The van der Waals surface area contributed by atoms with E-state index in [2.05, 4.69) is 50.5 Å². The summed E-state index contributed by atoms with van der Waals surface area (Å²) in [5.41, 5.74) is 3.02. The summed E-state index contributed by atoms with van der Waals surface area (Å²) in [5, 5.41) is 7.66. The fourth-order valence-corrected chi connectivity index (χ4v) is 3.96. The molecule has 0 aliphatic carbocycles. The molecule has 0 saturated heterocycles. The summed E-state index contributed by atoms with van der Waals surface area (Å²) >= 11 is 0. The number of nitrogens with one attached hydrogen (secondary N) is 4. The summed E-state index contributed by atoms with van der Waals surface area (Å²) in [6.45, 7) is 6.87. The van der Waals surface area contributed by atoms with Gasteiger partial charge >= 0.3 is 0 Å². The average Bonchev–Trinajstić information content (AvgIpc) is 2.90. The molecule has 0 saturated carbocycles. The molecule has 8 heteroatoms. The number of aliphatic imine (C=N–C) groups is 1. The highest BCUT2D eigenvalue weighted by Gasteiger charge is 2.22. The van der Waals surface area contributed by atoms with Gasteiger partial charge in [0.2, 0.25) is 10.0 Å². The highest BCUT2D eigenvalue weighted by atomic mass is 32.2. The van der Waals surface area contributed by atoms with Crippen LogP contribution >= 0.6 is 0 Å². The Morgan fingerprint density at radius 1 is 1.27 bits per heavy atom. The number of hydrogen-bond acceptors (Lipinski definition) is 3. The summed E-state index contributed by atoms with van der Waals surface area (Å²) in [5.74, 6) is 0.643. The third-order valence-electron chi connectivity index (χ3n) is 3.99. The first-order chi connectivity index (χ1) is 12.1. The molecule has 0 unspecified atom stereocenters. The van der Waals surface area contributed by atoms with Crippen LogP contribution in [0.5, 0.6) is 0 Å². The Kier molecular flexibility index (Phi) is 6.30. The van der Waals surface area contributed by atoms with Crippen LogP contribution in [0.2, 0.25) is 0 Å². The number of aromatic nitrogens is 1. The van der Waals surface area contributed by atoms with Crippen molar-refractivity contribution >= 4 is 26.9 Å². The lowest BCUT2D eigenvalue weighted by molar-refractivity contribution is 0.446. The summed E-state index contributed by atoms with van der Waals surface area (Å²) in [6, 6.07) is 6.40. The number of benzene rings is 1. The van der Waals surface area contributed by atoms with Gasteiger partial charge in [-0.1, -0.05) is 12.1 Å². The number of aromatic amines is 1. The van der Waals surface area contributed by atoms with E-state index in [9.17, 15) is 8.42 Å². The lowest BCUT2D eigenvalue weighted by atomic mass is 10.1. The maximum Gasteiger partial charge on any atom is 0.209 e. The monoisotopic (exact) mass is 379 g/mol. The molecule has 26 heavy (non-hydrogen) atoms. The van der Waals surface area contributed by atoms with Crippen LogP contribution in [0.3, 0.4) is 0 Å². The molecule has 2 rings (SSSR count). The normalized spacial score (nSPS) is 13.2. The van der Waals surface area contributed by atoms with Gasteiger partial charge in [0.1, 0.15) is 0 Å². The van der Waals surface area contributed by atoms with E-state index in [4.69, 9.17) is 0 Å². The Hall–Kier alpha value is -2.06. The van der Waals surface area contributed by atoms with Crippen LogP contribution in [0, 0.1) is 6.92 Å². The van der Waals surface area contributed by atoms with Crippen LogP contribution in [0.4, 0.5) is 0 Å². The van der Waals surface area contributed by atoms with Gasteiger partial charge in [0.25, 0.3) is 0 Å². The molecule has 2 aromatic rings. The van der Waals surface area contributed by atoms with Crippen molar-refractivity contribution in [3.63, 3.8) is 0 Å². The van der Waals surface area contributed by atoms with Gasteiger partial charge in [-0.2, -0.15) is 0 Å². The SMILES string of the molecule is CN=C(NCCc1c[nH]c2cc(C)ccc12)NCC(C)(C)NS(C)(=O)=O. The van der Waals surface area contributed by atoms with Crippen LogP contribution < -0.4 is 15.4 Å². The molecule has 0 fully saturated rings. The second-order valence-corrected chi connectivity index (χ2v) is 8.97. The summed E-state index contributed by atoms with van der Waals surface area (Å²) < 4.78 is 25.4. The van der Waals surface area contributed by atoms with E-state index in [-0.39, 0.29) is 0 Å². The third-order valence-corrected chi connectivity index (χ3v) is 4.92. The quantitative estimate of drug-likeness (QED) is 0.433. The maximum atomic E-state index is 11.4. The van der Waals surface area contributed by atoms with Crippen molar-refractivity contribution in [1.82, 2.24) is 20.3 Å². The Labute approximate surface area is 155 Å². The van der Waals surface area contributed by atoms with Crippen molar-refractivity contribution in [3.8, 4) is 0 Å². The van der Waals surface area contributed by atoms with E-state index in [1.165, 1.54) is 16.5 Å². The van der Waals surface area contributed by atoms with Crippen molar-refractivity contribution < 1.29 is 8.42 Å². The van der Waals surface area contributed by atoms with E-state index in [0.29, 0.717) is 12.5 Å². The van der Waals surface area contributed by atoms with Crippen LogP contribution in [-0.2, 0) is 16.4 Å². The molecule has 4 N–H and O–H groups in total. The van der Waals surface area contributed by atoms with Gasteiger partial charge < -0.3 is 15.6 Å². The zero-order chi connectivity index (χ0) is 19.4. The van der Waals surface area contributed by atoms with Gasteiger partial charge in [-0.25, -0.2) is 13.1 Å². The lowest BCUT2D eigenvalue weighted by Gasteiger charge is -2.26. The van der Waals surface area contributed by atoms with Crippen molar-refractivity contribution in [2.75, 3.05) is 26.4 Å². The largest absolute Gasteiger partial charge is 0.361 e. The van der Waals surface area contributed by atoms with Gasteiger partial charge in [0.15, 0.2) is 5.96 Å². The molecule has 0 atom stereocenters. The van der Waals surface area contributed by atoms with Gasteiger partial charge in [-0.15, -0.1) is 0 Å². The molecule has 0 aliphatic rings. The Morgan fingerprint density at radius 2 is 2.00 bits per heavy atom. The minimum Gasteiger partial charge on any atom is -0.361 e. The number of guanidine groups is 1. The van der Waals surface area contributed by atoms with E-state index >= 15 is 0 Å². The first-order valence-corrected chi connectivity index (χ1v) is 10.5. The second kappa shape index (κ2) is 8.09. The van der Waals surface area contributed by atoms with Crippen LogP contribution in [0.25, 0.3) is 10.9 Å². The predicted octanol–water partition coefficient (Wildman–Crippen LogP) is 1.51. The van der Waals surface area contributed by atoms with Crippen molar-refractivity contribution in [1.29, 1.82) is 0 Å². The Balaban J connectivity index is 1.87. The smallest absolute Gasteiger partial charge is 0.209 e. The standard InChI is InChI=1S/C18H29N5O2S/c1-13-6-7-15-14(11-21-16(15)10-13)8-9-20-17(19-4)22-12-18(2,3)23-26(5,24)25/h6-7,10-11,21,23H,8-9,12H2,1-5H3,(H2,19,20,22). The van der Waals surface area contributed by atoms with Crippen molar-refractivity contribution in [2.45, 2.75) is 32.7 Å². The fraction of sp³-hybridized carbons (Fsp3) is 0.500. The van der Waals surface area contributed by atoms with Crippen LogP contribution in [0.1, 0.15) is 25.0 Å². The Morgan fingerprint density at radius 3 is 2.65 bits per heavy atom. The third kappa shape index (κ3) is 6.03. The molecule has 1 aromatic heterocycles. The van der Waals surface area contributed by atoms with E-state index in [0.717, 1.165) is 24.7 Å². The first kappa shape index (κ1) is 20.3. The van der Waals surface area contributed by atoms with Crippen LogP contribution in [-0.4, -0.2) is 51.3 Å². The number of nitrogens with zero attached hydrogens (tertiary/aromatic N) is 1. The topological polar surface area (TPSA) is 98.4 Å². The first-order valence-electron chi connectivity index (χ1n) is 8.60. The van der Waals surface area contributed by atoms with Gasteiger partial charge in [0, 0.05) is 42.8 Å². The van der Waals surface area contributed by atoms with E-state index in [1.54, 1.807) is 7.05 Å². The number of sulfonamides is 1. The van der Waals surface area contributed by atoms with Crippen molar-refractivity contribution in [2.24, 2.45) is 4.99 Å². The average molecular weight is 380 g/mol. The highest BCUT2D eigenvalue weighted by molar-refractivity contribution is 7.88. The molecule has 7 nitrogen and oxygen atoms in total. The van der Waals surface area contributed by atoms with E-state index in [1.807, 2.05) is 20.0 Å². The van der Waals surface area contributed by atoms with Gasteiger partial charge in [-0.3, -0.25) is 4.99 Å². The molecule has 0 aliphatic heterocycles. The summed E-state index contributed by atoms with van der Waals surface area (Å²) in [6.07, 6.45) is 4.06. The van der Waals surface area contributed by atoms with Gasteiger partial charge in [0.05, 0.1) is 6.26 Å². The minimum absolute atomic E-state index is 0.423. The minimum atomic E-state index is -3.26. The fourth-order valence-electron chi connectivity index (χ4n) is 2.89. The molecule has 0 amide bonds. The number of rotatable bonds is 7. The lowest BCUT2D eigenvalue weighted by Crippen LogP contribution is -2.53. The molecule has 1 heterocycles. The summed E-state index contributed by atoms with van der Waals surface area (Å²) in [7, 11) is -1.57. The number of hydrogen-bond donors (Lipinski definition) is 4. The zero-order valence-corrected chi connectivity index (χ0v) is 16.9. The van der Waals surface area contributed by atoms with Crippen molar-refractivity contribution in [3.05, 3.63) is 35.5 Å². The van der Waals surface area contributed by atoms with Gasteiger partial charge in [-0.05, 0) is 44.4 Å². The Bertz CT molecular complexity index is 884. The molecular weight excluding hydrogens is 350 g/mol. The van der Waals surface area contributed by atoms with E-state index < -0.39 is 15.6 Å². The number of H-pyrrole nitrogens is 1. The molecule has 0 radical (unpaired) electrons. The predicted molar refractivity (Wildman–Crippen MR) is 108 cm³/mol. The maximum absolute atomic E-state index is 11.4. The summed E-state index contributed by atoms with van der Waals surface area (Å²) in [4.78, 5) is 7.50. The molecule has 0 bridgehead atoms.